The molecule has 0 aromatic carbocycles. The Balaban J connectivity index is 2.63. The molecule has 0 aliphatic rings. The van der Waals surface area contributed by atoms with E-state index in [1.54, 1.807) is 17.2 Å². The van der Waals surface area contributed by atoms with Gasteiger partial charge < -0.3 is 4.90 Å². The fourth-order valence-corrected chi connectivity index (χ4v) is 1.43. The predicted octanol–water partition coefficient (Wildman–Crippen LogP) is 2.72. The van der Waals surface area contributed by atoms with Crippen molar-refractivity contribution in [1.82, 2.24) is 9.88 Å². The van der Waals surface area contributed by atoms with Gasteiger partial charge in [-0.15, -0.1) is 0 Å². The summed E-state index contributed by atoms with van der Waals surface area (Å²) < 4.78 is 0.885. The molecule has 0 saturated heterocycles. The quantitative estimate of drug-likeness (QED) is 0.843. The molecule has 0 radical (unpaired) electrons. The van der Waals surface area contributed by atoms with E-state index in [1.807, 2.05) is 13.1 Å². The largest absolute Gasteiger partial charge is 0.340 e. The Morgan fingerprint density at radius 2 is 2.27 bits per heavy atom. The molecule has 0 unspecified atom stereocenters. The molecule has 0 fully saturated rings. The summed E-state index contributed by atoms with van der Waals surface area (Å²) >= 11 is 3.29. The molecule has 3 nitrogen and oxygen atoms in total. The van der Waals surface area contributed by atoms with Crippen LogP contribution in [-0.2, 0) is 0 Å². The van der Waals surface area contributed by atoms with Gasteiger partial charge in [0.15, 0.2) is 0 Å². The van der Waals surface area contributed by atoms with Gasteiger partial charge in [-0.2, -0.15) is 0 Å². The Bertz CT molecular complexity index is 324. The van der Waals surface area contributed by atoms with E-state index >= 15 is 0 Å². The molecule has 1 heterocycles. The maximum absolute atomic E-state index is 11.8. The number of carbonyl (C=O) groups excluding carboxylic acids is 1. The van der Waals surface area contributed by atoms with Crippen molar-refractivity contribution >= 4 is 21.8 Å². The van der Waals surface area contributed by atoms with Crippen molar-refractivity contribution in [2.75, 3.05) is 13.6 Å². The second-order valence-electron chi connectivity index (χ2n) is 3.44. The lowest BCUT2D eigenvalue weighted by Crippen LogP contribution is -2.28. The number of pyridine rings is 1. The number of carbonyl (C=O) groups is 1. The van der Waals surface area contributed by atoms with Crippen LogP contribution < -0.4 is 0 Å². The van der Waals surface area contributed by atoms with Crippen molar-refractivity contribution in [2.24, 2.45) is 0 Å². The van der Waals surface area contributed by atoms with E-state index in [4.69, 9.17) is 0 Å². The second-order valence-corrected chi connectivity index (χ2v) is 4.36. The Labute approximate surface area is 98.6 Å². The summed E-state index contributed by atoms with van der Waals surface area (Å²) in [6.07, 6.45) is 3.76. The molecule has 1 aromatic heterocycles. The average molecular weight is 271 g/mol. The van der Waals surface area contributed by atoms with E-state index in [0.29, 0.717) is 5.69 Å². The SMILES string of the molecule is CCCCN(C)C(=O)c1ccc(Br)cn1. The minimum Gasteiger partial charge on any atom is -0.340 e. The Hall–Kier alpha value is -0.900. The van der Waals surface area contributed by atoms with Gasteiger partial charge in [0, 0.05) is 24.3 Å². The van der Waals surface area contributed by atoms with Gasteiger partial charge in [0.1, 0.15) is 5.69 Å². The molecule has 0 aliphatic carbocycles. The average Bonchev–Trinajstić information content (AvgIpc) is 2.26. The lowest BCUT2D eigenvalue weighted by molar-refractivity contribution is 0.0787. The van der Waals surface area contributed by atoms with E-state index in [-0.39, 0.29) is 5.91 Å². The number of hydrogen-bond acceptors (Lipinski definition) is 2. The standard InChI is InChI=1S/C11H15BrN2O/c1-3-4-7-14(2)11(15)10-6-5-9(12)8-13-10/h5-6,8H,3-4,7H2,1-2H3. The summed E-state index contributed by atoms with van der Waals surface area (Å²) in [5.41, 5.74) is 0.497. The summed E-state index contributed by atoms with van der Waals surface area (Å²) in [4.78, 5) is 17.6. The molecule has 0 bridgehead atoms. The van der Waals surface area contributed by atoms with Gasteiger partial charge in [0.25, 0.3) is 5.91 Å². The van der Waals surface area contributed by atoms with Gasteiger partial charge in [0.2, 0.25) is 0 Å². The number of rotatable bonds is 4. The zero-order valence-electron chi connectivity index (χ0n) is 9.03. The molecule has 0 saturated carbocycles. The van der Waals surface area contributed by atoms with Gasteiger partial charge in [-0.3, -0.25) is 4.79 Å². The minimum atomic E-state index is -0.0176. The van der Waals surface area contributed by atoms with Crippen molar-refractivity contribution in [1.29, 1.82) is 0 Å². The van der Waals surface area contributed by atoms with E-state index in [1.165, 1.54) is 0 Å². The monoisotopic (exact) mass is 270 g/mol. The van der Waals surface area contributed by atoms with Crippen molar-refractivity contribution in [2.45, 2.75) is 19.8 Å². The van der Waals surface area contributed by atoms with E-state index < -0.39 is 0 Å². The van der Waals surface area contributed by atoms with Gasteiger partial charge in [0.05, 0.1) is 0 Å². The van der Waals surface area contributed by atoms with E-state index in [9.17, 15) is 4.79 Å². The van der Waals surface area contributed by atoms with Crippen LogP contribution in [0.4, 0.5) is 0 Å². The van der Waals surface area contributed by atoms with Crippen molar-refractivity contribution in [3.05, 3.63) is 28.5 Å². The number of halogens is 1. The maximum Gasteiger partial charge on any atom is 0.272 e. The first-order chi connectivity index (χ1) is 7.15. The van der Waals surface area contributed by atoms with Gasteiger partial charge >= 0.3 is 0 Å². The summed E-state index contributed by atoms with van der Waals surface area (Å²) in [5.74, 6) is -0.0176. The van der Waals surface area contributed by atoms with Crippen LogP contribution in [0, 0.1) is 0 Å². The molecule has 0 aliphatic heterocycles. The first kappa shape index (κ1) is 12.2. The molecule has 82 valence electrons. The Morgan fingerprint density at radius 3 is 2.80 bits per heavy atom. The third-order valence-corrected chi connectivity index (χ3v) is 2.61. The van der Waals surface area contributed by atoms with Crippen LogP contribution in [0.5, 0.6) is 0 Å². The van der Waals surface area contributed by atoms with Gasteiger partial charge in [-0.05, 0) is 34.5 Å². The van der Waals surface area contributed by atoms with E-state index in [0.717, 1.165) is 23.9 Å². The molecule has 0 N–H and O–H groups in total. The van der Waals surface area contributed by atoms with Crippen molar-refractivity contribution in [3.63, 3.8) is 0 Å². The first-order valence-electron chi connectivity index (χ1n) is 5.02. The minimum absolute atomic E-state index is 0.0176. The van der Waals surface area contributed by atoms with Gasteiger partial charge in [-0.1, -0.05) is 13.3 Å². The van der Waals surface area contributed by atoms with Crippen LogP contribution in [0.15, 0.2) is 22.8 Å². The fraction of sp³-hybridized carbons (Fsp3) is 0.455. The highest BCUT2D eigenvalue weighted by molar-refractivity contribution is 9.10. The van der Waals surface area contributed by atoms with Crippen molar-refractivity contribution < 1.29 is 4.79 Å². The predicted molar refractivity (Wildman–Crippen MR) is 63.8 cm³/mol. The third kappa shape index (κ3) is 3.63. The molecular weight excluding hydrogens is 256 g/mol. The normalized spacial score (nSPS) is 10.1. The number of nitrogens with zero attached hydrogens (tertiary/aromatic N) is 2. The summed E-state index contributed by atoms with van der Waals surface area (Å²) in [5, 5.41) is 0. The Morgan fingerprint density at radius 1 is 1.53 bits per heavy atom. The first-order valence-corrected chi connectivity index (χ1v) is 5.81. The molecule has 1 amide bonds. The Kier molecular flexibility index (Phi) is 4.75. The van der Waals surface area contributed by atoms with Crippen LogP contribution >= 0.6 is 15.9 Å². The summed E-state index contributed by atoms with van der Waals surface area (Å²) in [6, 6.07) is 3.56. The van der Waals surface area contributed by atoms with Crippen LogP contribution in [0.3, 0.4) is 0 Å². The number of unbranched alkanes of at least 4 members (excludes halogenated alkanes) is 1. The third-order valence-electron chi connectivity index (χ3n) is 2.14. The highest BCUT2D eigenvalue weighted by Gasteiger charge is 2.11. The molecule has 1 rings (SSSR count). The smallest absolute Gasteiger partial charge is 0.272 e. The highest BCUT2D eigenvalue weighted by atomic mass is 79.9. The number of hydrogen-bond donors (Lipinski definition) is 0. The lowest BCUT2D eigenvalue weighted by atomic mass is 10.3. The molecule has 1 aromatic rings. The number of amides is 1. The maximum atomic E-state index is 11.8. The molecule has 0 spiro atoms. The van der Waals surface area contributed by atoms with Gasteiger partial charge in [-0.25, -0.2) is 4.98 Å². The summed E-state index contributed by atoms with van der Waals surface area (Å²) in [6.45, 7) is 2.89. The van der Waals surface area contributed by atoms with Crippen molar-refractivity contribution in [3.8, 4) is 0 Å². The lowest BCUT2D eigenvalue weighted by Gasteiger charge is -2.15. The zero-order valence-corrected chi connectivity index (χ0v) is 10.6. The zero-order chi connectivity index (χ0) is 11.3. The van der Waals surface area contributed by atoms with Crippen LogP contribution in [0.2, 0.25) is 0 Å². The second kappa shape index (κ2) is 5.85. The highest BCUT2D eigenvalue weighted by Crippen LogP contribution is 2.09. The van der Waals surface area contributed by atoms with Crippen LogP contribution in [0.1, 0.15) is 30.3 Å². The molecule has 15 heavy (non-hydrogen) atoms. The topological polar surface area (TPSA) is 33.2 Å². The molecule has 4 heteroatoms. The van der Waals surface area contributed by atoms with E-state index in [2.05, 4.69) is 27.8 Å². The molecule has 0 atom stereocenters. The molecular formula is C11H15BrN2O. The van der Waals surface area contributed by atoms with Crippen LogP contribution in [0.25, 0.3) is 0 Å². The fourth-order valence-electron chi connectivity index (χ4n) is 1.19. The van der Waals surface area contributed by atoms with Crippen LogP contribution in [-0.4, -0.2) is 29.4 Å². The summed E-state index contributed by atoms with van der Waals surface area (Å²) in [7, 11) is 1.81. The number of aromatic nitrogens is 1.